The molecule has 0 fully saturated rings. The highest BCUT2D eigenvalue weighted by Crippen LogP contribution is 2.11. The van der Waals surface area contributed by atoms with Crippen molar-refractivity contribution in [3.05, 3.63) is 27.8 Å². The Labute approximate surface area is 148 Å². The van der Waals surface area contributed by atoms with Crippen molar-refractivity contribution in [1.29, 1.82) is 0 Å². The Bertz CT molecular complexity index is 560. The maximum Gasteiger partial charge on any atom is 0.329 e. The normalized spacial score (nSPS) is 11.7. The highest BCUT2D eigenvalue weighted by Gasteiger charge is 2.23. The number of halogens is 1. The van der Waals surface area contributed by atoms with Gasteiger partial charge in [-0.05, 0) is 59.2 Å². The average Bonchev–Trinajstić information content (AvgIpc) is 2.45. The van der Waals surface area contributed by atoms with E-state index in [1.807, 2.05) is 26.0 Å². The summed E-state index contributed by atoms with van der Waals surface area (Å²) in [5.74, 6) is -0.989. The van der Waals surface area contributed by atoms with Crippen molar-refractivity contribution in [2.75, 3.05) is 11.9 Å². The lowest BCUT2D eigenvalue weighted by molar-refractivity contribution is -0.149. The first-order chi connectivity index (χ1) is 10.8. The summed E-state index contributed by atoms with van der Waals surface area (Å²) in [5, 5.41) is 4.94. The first-order valence-electron chi connectivity index (χ1n) is 7.06. The number of benzene rings is 1. The highest BCUT2D eigenvalue weighted by atomic mass is 127. The molecule has 0 heterocycles. The number of rotatable bonds is 7. The van der Waals surface area contributed by atoms with Crippen molar-refractivity contribution in [2.45, 2.75) is 26.3 Å². The van der Waals surface area contributed by atoms with Crippen LogP contribution in [0, 0.1) is 9.49 Å². The monoisotopic (exact) mass is 433 g/mol. The van der Waals surface area contributed by atoms with E-state index in [1.165, 1.54) is 0 Å². The number of urea groups is 1. The Hall–Kier alpha value is -1.84. The van der Waals surface area contributed by atoms with Gasteiger partial charge in [0.25, 0.3) is 5.91 Å². The molecule has 23 heavy (non-hydrogen) atoms. The number of carbonyl (C=O) groups excluding carboxylic acids is 3. The van der Waals surface area contributed by atoms with Gasteiger partial charge in [0, 0.05) is 9.26 Å². The quantitative estimate of drug-likeness (QED) is 0.450. The van der Waals surface area contributed by atoms with Gasteiger partial charge in [-0.1, -0.05) is 13.8 Å². The Morgan fingerprint density at radius 1 is 1.22 bits per heavy atom. The summed E-state index contributed by atoms with van der Waals surface area (Å²) in [6.45, 7) is 3.36. The predicted molar refractivity (Wildman–Crippen MR) is 94.7 cm³/mol. The second kappa shape index (κ2) is 9.33. The molecule has 4 N–H and O–H groups in total. The number of nitrogens with two attached hydrogens (primary N) is 1. The first kappa shape index (κ1) is 19.2. The van der Waals surface area contributed by atoms with Gasteiger partial charge in [0.05, 0.1) is 0 Å². The van der Waals surface area contributed by atoms with Gasteiger partial charge in [-0.15, -0.1) is 0 Å². The molecule has 8 heteroatoms. The van der Waals surface area contributed by atoms with Gasteiger partial charge in [0.15, 0.2) is 6.61 Å². The van der Waals surface area contributed by atoms with E-state index < -0.39 is 30.6 Å². The third-order valence-corrected chi connectivity index (χ3v) is 3.50. The number of anilines is 1. The van der Waals surface area contributed by atoms with Gasteiger partial charge in [-0.3, -0.25) is 4.79 Å². The van der Waals surface area contributed by atoms with E-state index in [0.717, 1.165) is 3.57 Å². The lowest BCUT2D eigenvalue weighted by Crippen LogP contribution is -2.45. The molecule has 126 valence electrons. The molecular weight excluding hydrogens is 413 g/mol. The summed E-state index contributed by atoms with van der Waals surface area (Å²) in [4.78, 5) is 34.6. The third kappa shape index (κ3) is 7.82. The summed E-state index contributed by atoms with van der Waals surface area (Å²) >= 11 is 2.15. The van der Waals surface area contributed by atoms with Crippen LogP contribution >= 0.6 is 22.6 Å². The number of nitrogens with one attached hydrogen (secondary N) is 2. The molecule has 3 amide bonds. The summed E-state index contributed by atoms with van der Waals surface area (Å²) in [7, 11) is 0. The smallest absolute Gasteiger partial charge is 0.329 e. The van der Waals surface area contributed by atoms with Gasteiger partial charge >= 0.3 is 12.0 Å². The molecule has 0 aliphatic heterocycles. The van der Waals surface area contributed by atoms with Gasteiger partial charge in [0.2, 0.25) is 0 Å². The summed E-state index contributed by atoms with van der Waals surface area (Å²) in [6, 6.07) is 5.51. The molecule has 1 aromatic rings. The summed E-state index contributed by atoms with van der Waals surface area (Å²) < 4.78 is 5.98. The second-order valence-electron chi connectivity index (χ2n) is 5.35. The number of primary amides is 1. The van der Waals surface area contributed by atoms with Crippen LogP contribution in [0.2, 0.25) is 0 Å². The van der Waals surface area contributed by atoms with Crippen molar-refractivity contribution in [2.24, 2.45) is 11.7 Å². The Balaban J connectivity index is 2.50. The van der Waals surface area contributed by atoms with Crippen LogP contribution in [0.5, 0.6) is 0 Å². The molecule has 0 saturated heterocycles. The molecule has 0 aromatic heterocycles. The van der Waals surface area contributed by atoms with E-state index in [2.05, 4.69) is 33.2 Å². The number of carbonyl (C=O) groups is 3. The van der Waals surface area contributed by atoms with Crippen molar-refractivity contribution in [1.82, 2.24) is 5.32 Å². The number of hydrogen-bond donors (Lipinski definition) is 3. The fraction of sp³-hybridized carbons (Fsp3) is 0.400. The highest BCUT2D eigenvalue weighted by molar-refractivity contribution is 14.1. The molecule has 0 aliphatic rings. The maximum atomic E-state index is 11.9. The fourth-order valence-corrected chi connectivity index (χ4v) is 2.18. The first-order valence-corrected chi connectivity index (χ1v) is 8.14. The molecule has 0 aliphatic carbocycles. The summed E-state index contributed by atoms with van der Waals surface area (Å²) in [5.41, 5.74) is 5.65. The molecular formula is C15H20IN3O4. The maximum absolute atomic E-state index is 11.9. The largest absolute Gasteiger partial charge is 0.454 e. The number of hydrogen-bond acceptors (Lipinski definition) is 4. The van der Waals surface area contributed by atoms with Gasteiger partial charge in [0.1, 0.15) is 6.04 Å². The van der Waals surface area contributed by atoms with Crippen LogP contribution in [-0.2, 0) is 14.3 Å². The zero-order valence-corrected chi connectivity index (χ0v) is 15.1. The molecule has 0 spiro atoms. The Morgan fingerprint density at radius 3 is 2.35 bits per heavy atom. The minimum absolute atomic E-state index is 0.153. The van der Waals surface area contributed by atoms with E-state index >= 15 is 0 Å². The third-order valence-electron chi connectivity index (χ3n) is 2.78. The average molecular weight is 433 g/mol. The second-order valence-corrected chi connectivity index (χ2v) is 6.60. The van der Waals surface area contributed by atoms with Crippen LogP contribution < -0.4 is 16.4 Å². The topological polar surface area (TPSA) is 111 Å². The standard InChI is InChI=1S/C15H20IN3O4/c1-9(2)7-12(19-15(17)22)14(21)23-8-13(20)18-11-5-3-10(16)4-6-11/h3-6,9,12H,7-8H2,1-2H3,(H,18,20)(H3,17,19,22)/t12-/m1/s1. The number of esters is 1. The lowest BCUT2D eigenvalue weighted by atomic mass is 10.0. The van der Waals surface area contributed by atoms with Crippen LogP contribution in [0.1, 0.15) is 20.3 Å². The lowest BCUT2D eigenvalue weighted by Gasteiger charge is -2.18. The van der Waals surface area contributed by atoms with E-state index in [-0.39, 0.29) is 5.92 Å². The SMILES string of the molecule is CC(C)C[C@@H](NC(N)=O)C(=O)OCC(=O)Nc1ccc(I)cc1. The van der Waals surface area contributed by atoms with Crippen molar-refractivity contribution in [3.8, 4) is 0 Å². The van der Waals surface area contributed by atoms with Crippen LogP contribution in [0.25, 0.3) is 0 Å². The molecule has 7 nitrogen and oxygen atoms in total. The van der Waals surface area contributed by atoms with Crippen LogP contribution in [0.4, 0.5) is 10.5 Å². The van der Waals surface area contributed by atoms with E-state index in [0.29, 0.717) is 12.1 Å². The van der Waals surface area contributed by atoms with Crippen LogP contribution in [-0.4, -0.2) is 30.6 Å². The van der Waals surface area contributed by atoms with Crippen LogP contribution in [0.3, 0.4) is 0 Å². The Morgan fingerprint density at radius 2 is 1.83 bits per heavy atom. The molecule has 1 aromatic carbocycles. The molecule has 1 rings (SSSR count). The van der Waals surface area contributed by atoms with Gasteiger partial charge < -0.3 is 21.1 Å². The molecule has 1 atom stereocenters. The number of ether oxygens (including phenoxy) is 1. The molecule has 0 saturated carbocycles. The van der Waals surface area contributed by atoms with E-state index in [1.54, 1.807) is 12.1 Å². The zero-order chi connectivity index (χ0) is 17.4. The number of amides is 3. The fourth-order valence-electron chi connectivity index (χ4n) is 1.82. The van der Waals surface area contributed by atoms with Crippen molar-refractivity contribution < 1.29 is 19.1 Å². The van der Waals surface area contributed by atoms with Crippen molar-refractivity contribution in [3.63, 3.8) is 0 Å². The Kier molecular flexibility index (Phi) is 7.79. The minimum atomic E-state index is -0.862. The molecule has 0 unspecified atom stereocenters. The summed E-state index contributed by atoms with van der Waals surface area (Å²) in [6.07, 6.45) is 0.376. The van der Waals surface area contributed by atoms with E-state index in [4.69, 9.17) is 10.5 Å². The van der Waals surface area contributed by atoms with Crippen LogP contribution in [0.15, 0.2) is 24.3 Å². The van der Waals surface area contributed by atoms with Crippen molar-refractivity contribution >= 4 is 46.2 Å². The predicted octanol–water partition coefficient (Wildman–Crippen LogP) is 1.86. The molecule has 0 bridgehead atoms. The zero-order valence-electron chi connectivity index (χ0n) is 13.0. The van der Waals surface area contributed by atoms with Gasteiger partial charge in [-0.25, -0.2) is 9.59 Å². The molecule has 0 radical (unpaired) electrons. The van der Waals surface area contributed by atoms with E-state index in [9.17, 15) is 14.4 Å². The minimum Gasteiger partial charge on any atom is -0.454 e. The van der Waals surface area contributed by atoms with Gasteiger partial charge in [-0.2, -0.15) is 0 Å².